The Hall–Kier alpha value is -6.81. The molecule has 0 saturated carbocycles. The summed E-state index contributed by atoms with van der Waals surface area (Å²) in [6.45, 7) is 0. The predicted octanol–water partition coefficient (Wildman–Crippen LogP) is 9.72. The summed E-state index contributed by atoms with van der Waals surface area (Å²) >= 11 is 0. The van der Waals surface area contributed by atoms with Crippen LogP contribution in [0.5, 0.6) is 23.0 Å². The molecule has 0 aromatic heterocycles. The van der Waals surface area contributed by atoms with E-state index in [0.717, 1.165) is 73.1 Å². The van der Waals surface area contributed by atoms with Crippen LogP contribution >= 0.6 is 0 Å². The van der Waals surface area contributed by atoms with E-state index in [1.807, 2.05) is 115 Å². The molecule has 8 nitrogen and oxygen atoms in total. The van der Waals surface area contributed by atoms with Gasteiger partial charge in [-0.05, 0) is 72.9 Å². The SMILES string of the molecule is COc1ccccc1C1=CC2=CC3=NC(=CC4=NC(=CC5=NC(=C(c6ccccc6OC)C1=N2)C(c1ccccc1OC)=C5c1ccccc1OC)C=C4)C=C3.[Co]. The summed E-state index contributed by atoms with van der Waals surface area (Å²) in [5.41, 5.74) is 12.6. The first-order valence-electron chi connectivity index (χ1n) is 18.2. The number of ether oxygens (including phenoxy) is 4. The summed E-state index contributed by atoms with van der Waals surface area (Å²) < 4.78 is 24.2. The molecule has 0 saturated heterocycles. The molecule has 1 radical (unpaired) electrons. The van der Waals surface area contributed by atoms with Gasteiger partial charge in [-0.2, -0.15) is 0 Å². The van der Waals surface area contributed by atoms with E-state index in [1.54, 1.807) is 28.4 Å². The normalized spacial score (nSPS) is 16.5. The maximum Gasteiger partial charge on any atom is 0.126 e. The molecule has 4 aromatic rings. The van der Waals surface area contributed by atoms with Gasteiger partial charge in [0, 0.05) is 61.3 Å². The van der Waals surface area contributed by atoms with E-state index in [4.69, 9.17) is 38.9 Å². The smallest absolute Gasteiger partial charge is 0.126 e. The van der Waals surface area contributed by atoms with Crippen LogP contribution in [0.1, 0.15) is 22.3 Å². The van der Waals surface area contributed by atoms with E-state index in [-0.39, 0.29) is 16.8 Å². The number of hydrogen-bond donors (Lipinski definition) is 0. The number of allylic oxidation sites excluding steroid dienone is 12. The van der Waals surface area contributed by atoms with Crippen molar-refractivity contribution < 1.29 is 35.7 Å². The van der Waals surface area contributed by atoms with Crippen molar-refractivity contribution in [3.8, 4) is 23.0 Å². The molecule has 0 atom stereocenters. The van der Waals surface area contributed by atoms with Crippen molar-refractivity contribution in [2.45, 2.75) is 0 Å². The summed E-state index contributed by atoms with van der Waals surface area (Å²) in [5.74, 6) is 2.75. The average molecular weight is 792 g/mol. The molecule has 5 aliphatic rings. The zero-order chi connectivity index (χ0) is 38.2. The van der Waals surface area contributed by atoms with Gasteiger partial charge in [-0.3, -0.25) is 0 Å². The summed E-state index contributed by atoms with van der Waals surface area (Å²) in [6.07, 6.45) is 16.1. The Morgan fingerprint density at radius 3 is 1.37 bits per heavy atom. The Balaban J connectivity index is 0.00000455. The minimum Gasteiger partial charge on any atom is -0.496 e. The van der Waals surface area contributed by atoms with Crippen LogP contribution < -0.4 is 18.9 Å². The fourth-order valence-corrected chi connectivity index (χ4v) is 7.55. The second-order valence-corrected chi connectivity index (χ2v) is 13.2. The number of fused-ring (bicyclic) bond motifs is 4. The summed E-state index contributed by atoms with van der Waals surface area (Å²) in [6, 6.07) is 32.0. The number of para-hydroxylation sites is 4. The summed E-state index contributed by atoms with van der Waals surface area (Å²) in [4.78, 5) is 21.0. The van der Waals surface area contributed by atoms with Gasteiger partial charge in [0.1, 0.15) is 23.0 Å². The molecule has 0 amide bonds. The Kier molecular flexibility index (Phi) is 10.3. The van der Waals surface area contributed by atoms with Crippen molar-refractivity contribution in [2.24, 2.45) is 20.0 Å². The molecule has 9 rings (SSSR count). The van der Waals surface area contributed by atoms with Crippen LogP contribution in [0.3, 0.4) is 0 Å². The Labute approximate surface area is 341 Å². The number of nitrogens with zero attached hydrogens (tertiary/aromatic N) is 4. The van der Waals surface area contributed by atoms with Gasteiger partial charge in [0.05, 0.1) is 74.1 Å². The number of rotatable bonds is 8. The number of hydrogen-bond acceptors (Lipinski definition) is 8. The molecule has 0 unspecified atom stereocenters. The molecular weight excluding hydrogens is 755 g/mol. The first-order chi connectivity index (χ1) is 27.6. The molecule has 281 valence electrons. The van der Waals surface area contributed by atoms with Crippen LogP contribution in [-0.4, -0.2) is 51.3 Å². The minimum absolute atomic E-state index is 0. The van der Waals surface area contributed by atoms with E-state index in [1.165, 1.54) is 0 Å². The Morgan fingerprint density at radius 1 is 0.386 bits per heavy atom. The Morgan fingerprint density at radius 2 is 0.825 bits per heavy atom. The van der Waals surface area contributed by atoms with E-state index >= 15 is 0 Å². The van der Waals surface area contributed by atoms with E-state index in [9.17, 15) is 0 Å². The number of methoxy groups -OCH3 is 4. The van der Waals surface area contributed by atoms with Gasteiger partial charge in [0.2, 0.25) is 0 Å². The van der Waals surface area contributed by atoms with E-state index < -0.39 is 0 Å². The predicted molar refractivity (Wildman–Crippen MR) is 226 cm³/mol. The van der Waals surface area contributed by atoms with Crippen LogP contribution in [-0.2, 0) is 16.8 Å². The zero-order valence-corrected chi connectivity index (χ0v) is 32.7. The monoisotopic (exact) mass is 791 g/mol. The van der Waals surface area contributed by atoms with Crippen molar-refractivity contribution >= 4 is 45.1 Å². The van der Waals surface area contributed by atoms with Crippen molar-refractivity contribution in [1.82, 2.24) is 0 Å². The molecule has 0 fully saturated rings. The number of benzene rings is 4. The van der Waals surface area contributed by atoms with Gasteiger partial charge in [-0.1, -0.05) is 72.8 Å². The largest absolute Gasteiger partial charge is 0.496 e. The van der Waals surface area contributed by atoms with Gasteiger partial charge in [-0.15, -0.1) is 0 Å². The fourth-order valence-electron chi connectivity index (χ4n) is 7.55. The van der Waals surface area contributed by atoms with E-state index in [0.29, 0.717) is 40.1 Å². The molecule has 9 heteroatoms. The third-order valence-corrected chi connectivity index (χ3v) is 10.0. The third-order valence-electron chi connectivity index (χ3n) is 10.0. The maximum absolute atomic E-state index is 6.12. The van der Waals surface area contributed by atoms with Crippen molar-refractivity contribution in [1.29, 1.82) is 0 Å². The molecule has 0 N–H and O–H groups in total. The molecule has 8 bridgehead atoms. The van der Waals surface area contributed by atoms with Crippen LogP contribution in [0, 0.1) is 0 Å². The van der Waals surface area contributed by atoms with Crippen molar-refractivity contribution in [3.05, 3.63) is 191 Å². The van der Waals surface area contributed by atoms with Crippen LogP contribution in [0.4, 0.5) is 0 Å². The van der Waals surface area contributed by atoms with Gasteiger partial charge < -0.3 is 18.9 Å². The third kappa shape index (κ3) is 6.77. The quantitative estimate of drug-likeness (QED) is 0.178. The molecule has 5 aliphatic heterocycles. The van der Waals surface area contributed by atoms with Gasteiger partial charge in [0.15, 0.2) is 0 Å². The van der Waals surface area contributed by atoms with E-state index in [2.05, 4.69) is 30.3 Å². The fraction of sp³-hybridized carbons (Fsp3) is 0.0833. The second-order valence-electron chi connectivity index (χ2n) is 13.2. The Bertz CT molecular complexity index is 2730. The van der Waals surface area contributed by atoms with Crippen molar-refractivity contribution in [3.63, 3.8) is 0 Å². The van der Waals surface area contributed by atoms with Crippen LogP contribution in [0.15, 0.2) is 188 Å². The zero-order valence-electron chi connectivity index (χ0n) is 31.6. The van der Waals surface area contributed by atoms with Crippen LogP contribution in [0.25, 0.3) is 22.3 Å². The number of aliphatic imine (C=N–C) groups is 4. The molecule has 4 aromatic carbocycles. The standard InChI is InChI=1S/C48H36N4O4.Co/c1-53-40-17-9-5-13-34(40)38-27-33-26-31-22-21-29(49-31)25-30-23-24-32(50-30)28-39-44(35-14-6-10-18-41(35)54-2)45(36-15-7-11-19-42(36)55-3)48(52-39)46(47(38)51-33)37-16-8-12-20-43(37)56-4;/h5-28H,1-4H3;. The van der Waals surface area contributed by atoms with Gasteiger partial charge in [0.25, 0.3) is 0 Å². The molecule has 0 spiro atoms. The van der Waals surface area contributed by atoms with Crippen molar-refractivity contribution in [2.75, 3.05) is 28.4 Å². The average Bonchev–Trinajstić information content (AvgIpc) is 4.05. The van der Waals surface area contributed by atoms with Crippen LogP contribution in [0.2, 0.25) is 0 Å². The maximum atomic E-state index is 6.12. The molecule has 0 aliphatic carbocycles. The first-order valence-corrected chi connectivity index (χ1v) is 18.2. The topological polar surface area (TPSA) is 86.4 Å². The van der Waals surface area contributed by atoms with Gasteiger partial charge >= 0.3 is 0 Å². The molecular formula is C48H36CoN4O4. The second kappa shape index (κ2) is 15.7. The minimum atomic E-state index is 0. The molecule has 5 heterocycles. The first kappa shape index (κ1) is 37.1. The molecule has 57 heavy (non-hydrogen) atoms. The van der Waals surface area contributed by atoms with Gasteiger partial charge in [-0.25, -0.2) is 20.0 Å². The summed E-state index contributed by atoms with van der Waals surface area (Å²) in [5, 5.41) is 0. The summed E-state index contributed by atoms with van der Waals surface area (Å²) in [7, 11) is 6.74.